The summed E-state index contributed by atoms with van der Waals surface area (Å²) in [7, 11) is 1.58. The van der Waals surface area contributed by atoms with E-state index in [1.807, 2.05) is 79.7 Å². The lowest BCUT2D eigenvalue weighted by atomic mass is 10.0. The molecule has 0 saturated carbocycles. The first-order valence-corrected chi connectivity index (χ1v) is 9.55. The predicted molar refractivity (Wildman–Crippen MR) is 118 cm³/mol. The Hall–Kier alpha value is -3.53. The highest BCUT2D eigenvalue weighted by Crippen LogP contribution is 2.28. The van der Waals surface area contributed by atoms with Gasteiger partial charge in [-0.1, -0.05) is 66.7 Å². The molecule has 0 bridgehead atoms. The number of amides is 1. The van der Waals surface area contributed by atoms with E-state index < -0.39 is 0 Å². The molecule has 4 heteroatoms. The summed E-state index contributed by atoms with van der Waals surface area (Å²) >= 11 is 0. The van der Waals surface area contributed by atoms with Crippen molar-refractivity contribution in [2.75, 3.05) is 19.0 Å². The van der Waals surface area contributed by atoms with Crippen LogP contribution in [0.4, 0.5) is 5.69 Å². The van der Waals surface area contributed by atoms with Crippen LogP contribution in [0.3, 0.4) is 0 Å². The summed E-state index contributed by atoms with van der Waals surface area (Å²) in [5, 5.41) is 2.95. The highest BCUT2D eigenvalue weighted by Gasteiger charge is 2.10. The van der Waals surface area contributed by atoms with Crippen LogP contribution in [0.1, 0.15) is 23.6 Å². The van der Waals surface area contributed by atoms with Crippen LogP contribution in [-0.2, 0) is 11.2 Å². The number of carbonyl (C=O) groups excluding carboxylic acids is 1. The van der Waals surface area contributed by atoms with Gasteiger partial charge in [0.15, 0.2) is 18.1 Å². The van der Waals surface area contributed by atoms with E-state index in [9.17, 15) is 4.79 Å². The van der Waals surface area contributed by atoms with E-state index in [0.29, 0.717) is 11.5 Å². The normalized spacial score (nSPS) is 10.7. The monoisotopic (exact) mass is 387 g/mol. The molecule has 3 aromatic carbocycles. The molecule has 1 N–H and O–H groups in total. The molecular formula is C25H25NO3. The van der Waals surface area contributed by atoms with Crippen molar-refractivity contribution in [3.05, 3.63) is 95.6 Å². The lowest BCUT2D eigenvalue weighted by molar-refractivity contribution is -0.118. The predicted octanol–water partition coefficient (Wildman–Crippen LogP) is 5.34. The van der Waals surface area contributed by atoms with Crippen LogP contribution in [0.2, 0.25) is 0 Å². The van der Waals surface area contributed by atoms with Gasteiger partial charge < -0.3 is 14.8 Å². The minimum atomic E-state index is -0.218. The smallest absolute Gasteiger partial charge is 0.262 e. The van der Waals surface area contributed by atoms with Gasteiger partial charge in [0.05, 0.1) is 7.11 Å². The van der Waals surface area contributed by atoms with Crippen LogP contribution >= 0.6 is 0 Å². The lowest BCUT2D eigenvalue weighted by Gasteiger charge is -2.13. The number of hydrogen-bond acceptors (Lipinski definition) is 3. The fraction of sp³-hybridized carbons (Fsp3) is 0.160. The van der Waals surface area contributed by atoms with Gasteiger partial charge in [-0.15, -0.1) is 0 Å². The van der Waals surface area contributed by atoms with Crippen LogP contribution in [0.5, 0.6) is 11.5 Å². The van der Waals surface area contributed by atoms with Gasteiger partial charge in [-0.25, -0.2) is 0 Å². The number of methoxy groups -OCH3 is 1. The molecule has 1 amide bonds. The summed E-state index contributed by atoms with van der Waals surface area (Å²) in [5.74, 6) is 0.913. The van der Waals surface area contributed by atoms with Gasteiger partial charge in [0, 0.05) is 5.69 Å². The van der Waals surface area contributed by atoms with Gasteiger partial charge in [-0.3, -0.25) is 4.79 Å². The fourth-order valence-electron chi connectivity index (χ4n) is 3.04. The van der Waals surface area contributed by atoms with Gasteiger partial charge >= 0.3 is 0 Å². The molecule has 148 valence electrons. The third-order valence-corrected chi connectivity index (χ3v) is 4.43. The Bertz CT molecular complexity index is 980. The summed E-state index contributed by atoms with van der Waals surface area (Å²) in [4.78, 5) is 12.5. The standard InChI is InChI=1S/C25H25NO3/c1-3-9-19-14-15-23(24(17-19)28-2)29-18-25(27)26-22-13-8-7-12-21(22)16-20-10-5-4-6-11-20/h3-15,17H,16,18H2,1-2H3,(H,26,27)/b9-3+. The van der Waals surface area contributed by atoms with Crippen molar-refractivity contribution < 1.29 is 14.3 Å². The maximum Gasteiger partial charge on any atom is 0.262 e. The zero-order valence-electron chi connectivity index (χ0n) is 16.7. The van der Waals surface area contributed by atoms with Gasteiger partial charge in [-0.2, -0.15) is 0 Å². The molecule has 3 aromatic rings. The Labute approximate surface area is 171 Å². The van der Waals surface area contributed by atoms with Crippen molar-refractivity contribution in [2.24, 2.45) is 0 Å². The molecule has 0 aromatic heterocycles. The van der Waals surface area contributed by atoms with Crippen molar-refractivity contribution in [1.29, 1.82) is 0 Å². The van der Waals surface area contributed by atoms with E-state index in [-0.39, 0.29) is 12.5 Å². The van der Waals surface area contributed by atoms with E-state index in [0.717, 1.165) is 23.2 Å². The summed E-state index contributed by atoms with van der Waals surface area (Å²) in [6, 6.07) is 23.6. The van der Waals surface area contributed by atoms with Crippen molar-refractivity contribution >= 4 is 17.7 Å². The quantitative estimate of drug-likeness (QED) is 0.568. The summed E-state index contributed by atoms with van der Waals surface area (Å²) < 4.78 is 11.1. The van der Waals surface area contributed by atoms with E-state index in [4.69, 9.17) is 9.47 Å². The summed E-state index contributed by atoms with van der Waals surface area (Å²) in [6.07, 6.45) is 4.68. The molecule has 4 nitrogen and oxygen atoms in total. The van der Waals surface area contributed by atoms with Crippen molar-refractivity contribution in [1.82, 2.24) is 0 Å². The van der Waals surface area contributed by atoms with E-state index in [2.05, 4.69) is 17.4 Å². The largest absolute Gasteiger partial charge is 0.493 e. The molecule has 0 heterocycles. The number of carbonyl (C=O) groups is 1. The second-order valence-electron chi connectivity index (χ2n) is 6.57. The highest BCUT2D eigenvalue weighted by atomic mass is 16.5. The van der Waals surface area contributed by atoms with Crippen LogP contribution in [-0.4, -0.2) is 19.6 Å². The maximum absolute atomic E-state index is 12.5. The molecular weight excluding hydrogens is 362 g/mol. The van der Waals surface area contributed by atoms with Gasteiger partial charge in [0.2, 0.25) is 0 Å². The van der Waals surface area contributed by atoms with Crippen molar-refractivity contribution in [3.63, 3.8) is 0 Å². The second kappa shape index (κ2) is 10.1. The first-order chi connectivity index (χ1) is 14.2. The zero-order chi connectivity index (χ0) is 20.5. The summed E-state index contributed by atoms with van der Waals surface area (Å²) in [5.41, 5.74) is 4.05. The average molecular weight is 387 g/mol. The highest BCUT2D eigenvalue weighted by molar-refractivity contribution is 5.92. The Morgan fingerprint density at radius 3 is 2.48 bits per heavy atom. The second-order valence-corrected chi connectivity index (χ2v) is 6.57. The first-order valence-electron chi connectivity index (χ1n) is 9.55. The van der Waals surface area contributed by atoms with Crippen LogP contribution in [0.25, 0.3) is 6.08 Å². The Kier molecular flexibility index (Phi) is 7.06. The molecule has 0 radical (unpaired) electrons. The van der Waals surface area contributed by atoms with Gasteiger partial charge in [-0.05, 0) is 48.2 Å². The molecule has 0 saturated heterocycles. The van der Waals surface area contributed by atoms with Crippen LogP contribution in [0, 0.1) is 0 Å². The molecule has 0 spiro atoms. The number of allylic oxidation sites excluding steroid dienone is 1. The minimum absolute atomic E-state index is 0.0982. The summed E-state index contributed by atoms with van der Waals surface area (Å²) in [6.45, 7) is 1.86. The van der Waals surface area contributed by atoms with Gasteiger partial charge in [0.1, 0.15) is 0 Å². The number of benzene rings is 3. The molecule has 0 aliphatic rings. The SMILES string of the molecule is C/C=C/c1ccc(OCC(=O)Nc2ccccc2Cc2ccccc2)c(OC)c1. The third-order valence-electron chi connectivity index (χ3n) is 4.43. The van der Waals surface area contributed by atoms with Crippen molar-refractivity contribution in [3.8, 4) is 11.5 Å². The van der Waals surface area contributed by atoms with E-state index >= 15 is 0 Å². The molecule has 0 aliphatic heterocycles. The number of ether oxygens (including phenoxy) is 2. The third kappa shape index (κ3) is 5.72. The molecule has 0 aliphatic carbocycles. The average Bonchev–Trinajstić information content (AvgIpc) is 2.75. The Balaban J connectivity index is 1.65. The Morgan fingerprint density at radius 1 is 0.966 bits per heavy atom. The first kappa shape index (κ1) is 20.2. The molecule has 0 fully saturated rings. The number of anilines is 1. The van der Waals surface area contributed by atoms with E-state index in [1.165, 1.54) is 5.56 Å². The van der Waals surface area contributed by atoms with E-state index in [1.54, 1.807) is 7.11 Å². The van der Waals surface area contributed by atoms with Crippen LogP contribution in [0.15, 0.2) is 78.9 Å². The number of para-hydroxylation sites is 1. The maximum atomic E-state index is 12.5. The topological polar surface area (TPSA) is 47.6 Å². The fourth-order valence-corrected chi connectivity index (χ4v) is 3.04. The molecule has 0 atom stereocenters. The number of rotatable bonds is 8. The van der Waals surface area contributed by atoms with Crippen LogP contribution < -0.4 is 14.8 Å². The number of nitrogens with one attached hydrogen (secondary N) is 1. The molecule has 3 rings (SSSR count). The minimum Gasteiger partial charge on any atom is -0.493 e. The van der Waals surface area contributed by atoms with Crippen molar-refractivity contribution in [2.45, 2.75) is 13.3 Å². The van der Waals surface area contributed by atoms with Gasteiger partial charge in [0.25, 0.3) is 5.91 Å². The Morgan fingerprint density at radius 2 is 1.72 bits per heavy atom. The zero-order valence-corrected chi connectivity index (χ0v) is 16.7. The number of hydrogen-bond donors (Lipinski definition) is 1. The molecule has 0 unspecified atom stereocenters. The molecule has 29 heavy (non-hydrogen) atoms. The lowest BCUT2D eigenvalue weighted by Crippen LogP contribution is -2.21.